The largest absolute Gasteiger partial charge is 0.481 e. The van der Waals surface area contributed by atoms with E-state index in [4.69, 9.17) is 9.47 Å². The van der Waals surface area contributed by atoms with Crippen LogP contribution in [0.25, 0.3) is 0 Å². The van der Waals surface area contributed by atoms with Crippen LogP contribution in [-0.4, -0.2) is 31.3 Å². The molecule has 3 rings (SSSR count). The minimum Gasteiger partial charge on any atom is -0.481 e. The zero-order chi connectivity index (χ0) is 17.9. The number of ether oxygens (including phenoxy) is 3. The van der Waals surface area contributed by atoms with E-state index < -0.39 is 11.6 Å². The van der Waals surface area contributed by atoms with Crippen molar-refractivity contribution in [1.82, 2.24) is 4.98 Å². The second-order valence-corrected chi connectivity index (χ2v) is 6.06. The highest BCUT2D eigenvalue weighted by molar-refractivity contribution is 5.89. The summed E-state index contributed by atoms with van der Waals surface area (Å²) in [5.74, 6) is -0.382. The molecule has 132 valence electrons. The molecule has 0 spiro atoms. The van der Waals surface area contributed by atoms with Gasteiger partial charge in [0, 0.05) is 19.0 Å². The van der Waals surface area contributed by atoms with E-state index in [1.54, 1.807) is 0 Å². The Hall–Kier alpha value is -2.47. The van der Waals surface area contributed by atoms with Crippen LogP contribution in [0.1, 0.15) is 34.3 Å². The first-order chi connectivity index (χ1) is 12.1. The number of aromatic nitrogens is 1. The second kappa shape index (κ2) is 7.19. The Kier molecular flexibility index (Phi) is 4.99. The molecule has 1 aliphatic rings. The van der Waals surface area contributed by atoms with Crippen molar-refractivity contribution in [2.24, 2.45) is 0 Å². The van der Waals surface area contributed by atoms with Crippen molar-refractivity contribution >= 4 is 5.97 Å². The van der Waals surface area contributed by atoms with E-state index in [9.17, 15) is 4.79 Å². The molecule has 0 bridgehead atoms. The summed E-state index contributed by atoms with van der Waals surface area (Å²) < 4.78 is 30.8. The molecule has 1 aliphatic carbocycles. The molecular weight excluding hydrogens is 325 g/mol. The first-order valence-corrected chi connectivity index (χ1v) is 8.03. The van der Waals surface area contributed by atoms with Gasteiger partial charge < -0.3 is 14.2 Å². The topological polar surface area (TPSA) is 57.7 Å². The highest BCUT2D eigenvalue weighted by atomic mass is 19.1. The van der Waals surface area contributed by atoms with E-state index in [1.165, 1.54) is 26.5 Å². The number of alkyl halides is 1. The monoisotopic (exact) mass is 345 g/mol. The number of rotatable bonds is 6. The minimum absolute atomic E-state index is 0.177. The Morgan fingerprint density at radius 3 is 2.64 bits per heavy atom. The number of hydrogen-bond donors (Lipinski definition) is 0. The number of hydrogen-bond acceptors (Lipinski definition) is 5. The van der Waals surface area contributed by atoms with Crippen molar-refractivity contribution in [1.29, 1.82) is 0 Å². The molecule has 0 amide bonds. The molecule has 2 aromatic rings. The number of benzene rings is 1. The van der Waals surface area contributed by atoms with Gasteiger partial charge in [0.1, 0.15) is 5.67 Å². The Balaban J connectivity index is 1.69. The molecule has 1 aromatic carbocycles. The third-order valence-corrected chi connectivity index (χ3v) is 4.38. The van der Waals surface area contributed by atoms with Crippen LogP contribution in [0.3, 0.4) is 0 Å². The summed E-state index contributed by atoms with van der Waals surface area (Å²) >= 11 is 0. The SMILES string of the molecule is COC(=O)c1cnc(OC)c(C2(F)CC(OCc3ccccc3)C2)c1. The molecule has 0 unspecified atom stereocenters. The van der Waals surface area contributed by atoms with E-state index in [1.807, 2.05) is 30.3 Å². The molecule has 6 heteroatoms. The van der Waals surface area contributed by atoms with Gasteiger partial charge in [0.2, 0.25) is 5.88 Å². The second-order valence-electron chi connectivity index (χ2n) is 6.06. The van der Waals surface area contributed by atoms with Crippen molar-refractivity contribution in [3.05, 3.63) is 59.3 Å². The van der Waals surface area contributed by atoms with Crippen LogP contribution in [0.4, 0.5) is 4.39 Å². The third-order valence-electron chi connectivity index (χ3n) is 4.38. The number of carbonyl (C=O) groups is 1. The van der Waals surface area contributed by atoms with Gasteiger partial charge in [-0.05, 0) is 11.6 Å². The Bertz CT molecular complexity index is 744. The molecule has 1 aromatic heterocycles. The van der Waals surface area contributed by atoms with Crippen molar-refractivity contribution in [2.45, 2.75) is 31.2 Å². The van der Waals surface area contributed by atoms with Crippen molar-refractivity contribution in [2.75, 3.05) is 14.2 Å². The van der Waals surface area contributed by atoms with Gasteiger partial charge in [-0.1, -0.05) is 30.3 Å². The molecule has 0 saturated heterocycles. The van der Waals surface area contributed by atoms with Crippen LogP contribution in [-0.2, 0) is 21.7 Å². The third kappa shape index (κ3) is 3.64. The number of methoxy groups -OCH3 is 2. The van der Waals surface area contributed by atoms with Crippen LogP contribution in [0.5, 0.6) is 5.88 Å². The van der Waals surface area contributed by atoms with Gasteiger partial charge in [-0.25, -0.2) is 14.2 Å². The average molecular weight is 345 g/mol. The van der Waals surface area contributed by atoms with E-state index in [2.05, 4.69) is 9.72 Å². The summed E-state index contributed by atoms with van der Waals surface area (Å²) in [7, 11) is 2.70. The quantitative estimate of drug-likeness (QED) is 0.751. The molecule has 5 nitrogen and oxygen atoms in total. The van der Waals surface area contributed by atoms with Crippen molar-refractivity contribution in [3.63, 3.8) is 0 Å². The fourth-order valence-corrected chi connectivity index (χ4v) is 2.95. The molecule has 0 radical (unpaired) electrons. The molecule has 1 fully saturated rings. The van der Waals surface area contributed by atoms with Crippen LogP contribution >= 0.6 is 0 Å². The van der Waals surface area contributed by atoms with Gasteiger partial charge in [-0.3, -0.25) is 0 Å². The standard InChI is InChI=1S/C19H20FNO4/c1-23-17-16(8-14(11-21-17)18(22)24-2)19(20)9-15(10-19)25-12-13-6-4-3-5-7-13/h3-8,11,15H,9-10,12H2,1-2H3. The average Bonchev–Trinajstić information content (AvgIpc) is 2.63. The lowest BCUT2D eigenvalue weighted by Gasteiger charge is -2.41. The van der Waals surface area contributed by atoms with Crippen molar-refractivity contribution < 1.29 is 23.4 Å². The summed E-state index contributed by atoms with van der Waals surface area (Å²) in [5, 5.41) is 0. The minimum atomic E-state index is -1.62. The molecule has 0 atom stereocenters. The number of carbonyl (C=O) groups excluding carboxylic acids is 1. The van der Waals surface area contributed by atoms with Crippen molar-refractivity contribution in [3.8, 4) is 5.88 Å². The predicted molar refractivity (Wildman–Crippen MR) is 89.2 cm³/mol. The number of esters is 1. The summed E-state index contributed by atoms with van der Waals surface area (Å²) in [6, 6.07) is 11.2. The van der Waals surface area contributed by atoms with Crippen LogP contribution < -0.4 is 4.74 Å². The lowest BCUT2D eigenvalue weighted by Crippen LogP contribution is -2.43. The summed E-state index contributed by atoms with van der Waals surface area (Å²) in [5.41, 5.74) is -0.115. The first kappa shape index (κ1) is 17.4. The Labute approximate surface area is 145 Å². The zero-order valence-corrected chi connectivity index (χ0v) is 14.2. The summed E-state index contributed by atoms with van der Waals surface area (Å²) in [4.78, 5) is 15.7. The normalized spacial score (nSPS) is 22.1. The predicted octanol–water partition coefficient (Wildman–Crippen LogP) is 3.42. The lowest BCUT2D eigenvalue weighted by molar-refractivity contribution is -0.107. The summed E-state index contributed by atoms with van der Waals surface area (Å²) in [6.45, 7) is 0.444. The van der Waals surface area contributed by atoms with Gasteiger partial charge in [-0.15, -0.1) is 0 Å². The maximum atomic E-state index is 15.3. The number of halogens is 1. The smallest absolute Gasteiger partial charge is 0.339 e. The number of pyridine rings is 1. The first-order valence-electron chi connectivity index (χ1n) is 8.03. The van der Waals surface area contributed by atoms with Gasteiger partial charge in [0.15, 0.2) is 0 Å². The number of nitrogens with zero attached hydrogens (tertiary/aromatic N) is 1. The van der Waals surface area contributed by atoms with E-state index >= 15 is 4.39 Å². The van der Waals surface area contributed by atoms with E-state index in [0.717, 1.165) is 5.56 Å². The molecule has 0 aliphatic heterocycles. The Morgan fingerprint density at radius 2 is 2.00 bits per heavy atom. The zero-order valence-electron chi connectivity index (χ0n) is 14.2. The van der Waals surface area contributed by atoms with Gasteiger partial charge >= 0.3 is 5.97 Å². The highest BCUT2D eigenvalue weighted by Gasteiger charge is 2.49. The highest BCUT2D eigenvalue weighted by Crippen LogP contribution is 2.49. The maximum Gasteiger partial charge on any atom is 0.339 e. The molecule has 0 N–H and O–H groups in total. The lowest BCUT2D eigenvalue weighted by atomic mass is 9.74. The van der Waals surface area contributed by atoms with Gasteiger partial charge in [-0.2, -0.15) is 0 Å². The molecular formula is C19H20FNO4. The van der Waals surface area contributed by atoms with E-state index in [-0.39, 0.29) is 36.0 Å². The fraction of sp³-hybridized carbons (Fsp3) is 0.368. The van der Waals surface area contributed by atoms with Gasteiger partial charge in [0.25, 0.3) is 0 Å². The van der Waals surface area contributed by atoms with Crippen LogP contribution in [0.15, 0.2) is 42.6 Å². The van der Waals surface area contributed by atoms with Crippen LogP contribution in [0, 0.1) is 0 Å². The van der Waals surface area contributed by atoms with E-state index in [0.29, 0.717) is 6.61 Å². The maximum absolute atomic E-state index is 15.3. The molecule has 1 heterocycles. The summed E-state index contributed by atoms with van der Waals surface area (Å²) in [6.07, 6.45) is 1.53. The van der Waals surface area contributed by atoms with Crippen LogP contribution in [0.2, 0.25) is 0 Å². The van der Waals surface area contributed by atoms with Gasteiger partial charge in [0.05, 0.1) is 38.1 Å². The molecule has 25 heavy (non-hydrogen) atoms. The fourth-order valence-electron chi connectivity index (χ4n) is 2.95. The molecule has 1 saturated carbocycles. The Morgan fingerprint density at radius 1 is 1.28 bits per heavy atom.